The quantitative estimate of drug-likeness (QED) is 0.677. The lowest BCUT2D eigenvalue weighted by atomic mass is 10.0. The highest BCUT2D eigenvalue weighted by Gasteiger charge is 2.00. The van der Waals surface area contributed by atoms with Gasteiger partial charge in [0.05, 0.1) is 0 Å². The minimum absolute atomic E-state index is 0.367. The molecule has 1 heterocycles. The summed E-state index contributed by atoms with van der Waals surface area (Å²) in [5.41, 5.74) is 3.89. The molecule has 0 saturated carbocycles. The predicted octanol–water partition coefficient (Wildman–Crippen LogP) is 4.35. The Kier molecular flexibility index (Phi) is 2.69. The zero-order valence-electron chi connectivity index (χ0n) is 8.23. The summed E-state index contributed by atoms with van der Waals surface area (Å²) in [6, 6.07) is 10.8. The van der Waals surface area contributed by atoms with Gasteiger partial charge in [0, 0.05) is 0 Å². The fraction of sp³-hybridized carbons (Fsp3) is 0.154. The van der Waals surface area contributed by atoms with Gasteiger partial charge in [-0.05, 0) is 46.4 Å². The fourth-order valence-corrected chi connectivity index (χ4v) is 2.10. The lowest BCUT2D eigenvalue weighted by molar-refractivity contribution is 0.965. The highest BCUT2D eigenvalue weighted by molar-refractivity contribution is 7.08. The topological polar surface area (TPSA) is 0 Å². The summed E-state index contributed by atoms with van der Waals surface area (Å²) in [7, 11) is 0. The van der Waals surface area contributed by atoms with E-state index in [0.717, 1.165) is 0 Å². The lowest BCUT2D eigenvalue weighted by Crippen LogP contribution is -1.86. The van der Waals surface area contributed by atoms with E-state index in [1.54, 1.807) is 11.3 Å². The zero-order chi connectivity index (χ0) is 9.97. The van der Waals surface area contributed by atoms with Crippen molar-refractivity contribution in [1.29, 1.82) is 0 Å². The summed E-state index contributed by atoms with van der Waals surface area (Å²) >= 11 is 1.73. The van der Waals surface area contributed by atoms with Crippen LogP contribution in [0.1, 0.15) is 18.4 Å². The Morgan fingerprint density at radius 2 is 1.79 bits per heavy atom. The smallest absolute Gasteiger partial charge is 0.00147 e. The van der Waals surface area contributed by atoms with E-state index >= 15 is 0 Å². The van der Waals surface area contributed by atoms with Crippen molar-refractivity contribution in [1.82, 2.24) is 0 Å². The Morgan fingerprint density at radius 1 is 1.07 bits per heavy atom. The number of benzene rings is 1. The van der Waals surface area contributed by atoms with Crippen LogP contribution in [0.15, 0.2) is 41.1 Å². The van der Waals surface area contributed by atoms with E-state index in [-0.39, 0.29) is 0 Å². The summed E-state index contributed by atoms with van der Waals surface area (Å²) in [5, 5.41) is 4.27. The maximum Gasteiger partial charge on any atom is -0.00147 e. The maximum absolute atomic E-state index is 4.00. The Balaban J connectivity index is 2.31. The van der Waals surface area contributed by atoms with Gasteiger partial charge in [-0.1, -0.05) is 31.2 Å². The van der Waals surface area contributed by atoms with E-state index in [0.29, 0.717) is 5.92 Å². The van der Waals surface area contributed by atoms with Crippen molar-refractivity contribution in [3.05, 3.63) is 53.6 Å². The molecule has 1 aromatic carbocycles. The molecule has 0 N–H and O–H groups in total. The van der Waals surface area contributed by atoms with Crippen LogP contribution < -0.4 is 0 Å². The molecule has 0 spiro atoms. The molecule has 0 saturated heterocycles. The summed E-state index contributed by atoms with van der Waals surface area (Å²) in [6.45, 7) is 6.11. The average molecular weight is 201 g/mol. The monoisotopic (exact) mass is 201 g/mol. The first-order valence-corrected chi connectivity index (χ1v) is 5.67. The SMILES string of the molecule is [CH2]C(C)c1ccc(-c2ccsc2)cc1. The molecule has 1 unspecified atom stereocenters. The van der Waals surface area contributed by atoms with E-state index in [1.807, 2.05) is 0 Å². The first-order valence-electron chi connectivity index (χ1n) is 4.73. The lowest BCUT2D eigenvalue weighted by Gasteiger charge is -2.05. The minimum Gasteiger partial charge on any atom is -0.152 e. The van der Waals surface area contributed by atoms with Gasteiger partial charge in [-0.15, -0.1) is 0 Å². The van der Waals surface area contributed by atoms with E-state index < -0.39 is 0 Å². The van der Waals surface area contributed by atoms with Crippen molar-refractivity contribution in [2.75, 3.05) is 0 Å². The second kappa shape index (κ2) is 3.97. The highest BCUT2D eigenvalue weighted by Crippen LogP contribution is 2.24. The van der Waals surface area contributed by atoms with Crippen molar-refractivity contribution < 1.29 is 0 Å². The van der Waals surface area contributed by atoms with Crippen LogP contribution in [0.5, 0.6) is 0 Å². The van der Waals surface area contributed by atoms with Gasteiger partial charge in [-0.25, -0.2) is 0 Å². The molecule has 2 aromatic rings. The molecule has 0 aliphatic carbocycles. The van der Waals surface area contributed by atoms with Crippen molar-refractivity contribution in [3.63, 3.8) is 0 Å². The molecule has 0 aliphatic heterocycles. The number of thiophene rings is 1. The van der Waals surface area contributed by atoms with Crippen molar-refractivity contribution in [2.24, 2.45) is 0 Å². The van der Waals surface area contributed by atoms with Gasteiger partial charge in [-0.2, -0.15) is 11.3 Å². The summed E-state index contributed by atoms with van der Waals surface area (Å²) in [5.74, 6) is 0.367. The van der Waals surface area contributed by atoms with Gasteiger partial charge in [0.25, 0.3) is 0 Å². The molecular weight excluding hydrogens is 188 g/mol. The molecular formula is C13H13S. The zero-order valence-corrected chi connectivity index (χ0v) is 9.05. The van der Waals surface area contributed by atoms with Crippen LogP contribution in [-0.4, -0.2) is 0 Å². The standard InChI is InChI=1S/C13H13S/c1-10(2)11-3-5-12(6-4-11)13-7-8-14-9-13/h3-10H,1H2,2H3. The third-order valence-electron chi connectivity index (χ3n) is 2.33. The van der Waals surface area contributed by atoms with Crippen LogP contribution in [0.3, 0.4) is 0 Å². The fourth-order valence-electron chi connectivity index (χ4n) is 1.43. The third-order valence-corrected chi connectivity index (χ3v) is 3.02. The highest BCUT2D eigenvalue weighted by atomic mass is 32.1. The van der Waals surface area contributed by atoms with Gasteiger partial charge < -0.3 is 0 Å². The molecule has 0 nitrogen and oxygen atoms in total. The summed E-state index contributed by atoms with van der Waals surface area (Å²) in [6.07, 6.45) is 0. The van der Waals surface area contributed by atoms with Crippen LogP contribution in [0.4, 0.5) is 0 Å². The van der Waals surface area contributed by atoms with Crippen LogP contribution in [0, 0.1) is 6.92 Å². The second-order valence-corrected chi connectivity index (χ2v) is 4.32. The maximum atomic E-state index is 4.00. The van der Waals surface area contributed by atoms with Gasteiger partial charge in [0.1, 0.15) is 0 Å². The van der Waals surface area contributed by atoms with Crippen LogP contribution in [0.25, 0.3) is 11.1 Å². The van der Waals surface area contributed by atoms with Crippen LogP contribution in [-0.2, 0) is 0 Å². The van der Waals surface area contributed by atoms with Gasteiger partial charge in [0.15, 0.2) is 0 Å². The predicted molar refractivity (Wildman–Crippen MR) is 63.5 cm³/mol. The van der Waals surface area contributed by atoms with E-state index in [9.17, 15) is 0 Å². The molecule has 0 aliphatic rings. The van der Waals surface area contributed by atoms with Crippen LogP contribution in [0.2, 0.25) is 0 Å². The Hall–Kier alpha value is -1.08. The molecule has 0 bridgehead atoms. The molecule has 1 radical (unpaired) electrons. The number of hydrogen-bond acceptors (Lipinski definition) is 1. The Labute approximate surface area is 89.2 Å². The van der Waals surface area contributed by atoms with Gasteiger partial charge >= 0.3 is 0 Å². The third kappa shape index (κ3) is 1.88. The average Bonchev–Trinajstić information content (AvgIpc) is 2.71. The summed E-state index contributed by atoms with van der Waals surface area (Å²) in [4.78, 5) is 0. The van der Waals surface area contributed by atoms with E-state index in [1.165, 1.54) is 16.7 Å². The van der Waals surface area contributed by atoms with E-state index in [2.05, 4.69) is 54.9 Å². The second-order valence-electron chi connectivity index (χ2n) is 3.54. The first-order chi connectivity index (χ1) is 6.77. The van der Waals surface area contributed by atoms with Crippen molar-refractivity contribution in [2.45, 2.75) is 12.8 Å². The Morgan fingerprint density at radius 3 is 2.29 bits per heavy atom. The van der Waals surface area contributed by atoms with Crippen molar-refractivity contribution in [3.8, 4) is 11.1 Å². The molecule has 2 rings (SSSR count). The molecule has 14 heavy (non-hydrogen) atoms. The molecule has 71 valence electrons. The van der Waals surface area contributed by atoms with Crippen LogP contribution >= 0.6 is 11.3 Å². The molecule has 0 amide bonds. The van der Waals surface area contributed by atoms with Gasteiger partial charge in [-0.3, -0.25) is 0 Å². The van der Waals surface area contributed by atoms with Gasteiger partial charge in [0.2, 0.25) is 0 Å². The molecule has 1 heteroatoms. The largest absolute Gasteiger partial charge is 0.152 e. The Bertz CT molecular complexity index is 382. The van der Waals surface area contributed by atoms with E-state index in [4.69, 9.17) is 0 Å². The molecule has 1 atom stereocenters. The summed E-state index contributed by atoms with van der Waals surface area (Å²) < 4.78 is 0. The van der Waals surface area contributed by atoms with Crippen molar-refractivity contribution >= 4 is 11.3 Å². The number of hydrogen-bond donors (Lipinski definition) is 0. The normalized spacial score (nSPS) is 10.8. The molecule has 0 fully saturated rings. The minimum atomic E-state index is 0.367. The number of rotatable bonds is 2. The first kappa shape index (κ1) is 9.47. The molecule has 1 aromatic heterocycles.